The normalized spacial score (nSPS) is 17.0. The number of halogens is 1. The van der Waals surface area contributed by atoms with Crippen LogP contribution >= 0.6 is 15.9 Å². The third-order valence-electron chi connectivity index (χ3n) is 3.57. The molecule has 90 valence electrons. The first-order valence-electron chi connectivity index (χ1n) is 6.22. The van der Waals surface area contributed by atoms with E-state index in [0.29, 0.717) is 6.04 Å². The van der Waals surface area contributed by atoms with Gasteiger partial charge in [0.05, 0.1) is 10.7 Å². The second-order valence-corrected chi connectivity index (χ2v) is 5.59. The lowest BCUT2D eigenvalue weighted by molar-refractivity contribution is 0.520. The number of hydrogen-bond acceptors (Lipinski definition) is 2. The maximum atomic E-state index is 5.61. The highest BCUT2D eigenvalue weighted by Crippen LogP contribution is 2.28. The lowest BCUT2D eigenvalue weighted by Crippen LogP contribution is -2.25. The summed E-state index contributed by atoms with van der Waals surface area (Å²) in [6.45, 7) is 0.911. The van der Waals surface area contributed by atoms with Crippen LogP contribution in [0.2, 0.25) is 0 Å². The summed E-state index contributed by atoms with van der Waals surface area (Å²) in [6, 6.07) is 6.89. The standard InChI is InChI=1S/C14H16BrNO/c15-13-7-3-6-12-10(9-17-14(12)13)8-16-11-4-1-2-5-11/h3,6-7,9,11,16H,1-2,4-5,8H2. The van der Waals surface area contributed by atoms with E-state index in [1.165, 1.54) is 36.6 Å². The molecule has 1 aliphatic carbocycles. The zero-order chi connectivity index (χ0) is 11.7. The molecule has 2 nitrogen and oxygen atoms in total. The summed E-state index contributed by atoms with van der Waals surface area (Å²) in [7, 11) is 0. The first-order valence-corrected chi connectivity index (χ1v) is 7.02. The quantitative estimate of drug-likeness (QED) is 0.916. The molecule has 0 spiro atoms. The molecule has 0 saturated heterocycles. The SMILES string of the molecule is Brc1cccc2c(CNC3CCCC3)coc12. The molecule has 0 atom stereocenters. The summed E-state index contributed by atoms with van der Waals surface area (Å²) in [5.74, 6) is 0. The van der Waals surface area contributed by atoms with Gasteiger partial charge in [0.25, 0.3) is 0 Å². The Labute approximate surface area is 110 Å². The highest BCUT2D eigenvalue weighted by molar-refractivity contribution is 9.10. The largest absolute Gasteiger partial charge is 0.463 e. The molecule has 1 aromatic carbocycles. The summed E-state index contributed by atoms with van der Waals surface area (Å²) in [6.07, 6.45) is 7.25. The van der Waals surface area contributed by atoms with E-state index in [4.69, 9.17) is 4.42 Å². The van der Waals surface area contributed by atoms with Gasteiger partial charge in [0.2, 0.25) is 0 Å². The summed E-state index contributed by atoms with van der Waals surface area (Å²) >= 11 is 3.51. The Bertz CT molecular complexity index is 514. The maximum absolute atomic E-state index is 5.61. The number of para-hydroxylation sites is 1. The van der Waals surface area contributed by atoms with Gasteiger partial charge in [0.1, 0.15) is 5.58 Å². The molecule has 1 aliphatic rings. The van der Waals surface area contributed by atoms with Gasteiger partial charge in [-0.3, -0.25) is 0 Å². The Balaban J connectivity index is 1.78. The van der Waals surface area contributed by atoms with Gasteiger partial charge in [-0.05, 0) is 34.8 Å². The van der Waals surface area contributed by atoms with Gasteiger partial charge >= 0.3 is 0 Å². The monoisotopic (exact) mass is 293 g/mol. The van der Waals surface area contributed by atoms with Crippen LogP contribution in [-0.4, -0.2) is 6.04 Å². The fraction of sp³-hybridized carbons (Fsp3) is 0.429. The van der Waals surface area contributed by atoms with Crippen LogP contribution in [0.1, 0.15) is 31.2 Å². The first kappa shape index (κ1) is 11.3. The van der Waals surface area contributed by atoms with E-state index in [2.05, 4.69) is 33.4 Å². The topological polar surface area (TPSA) is 25.2 Å². The fourth-order valence-electron chi connectivity index (χ4n) is 2.60. The molecule has 3 rings (SSSR count). The van der Waals surface area contributed by atoms with Crippen LogP contribution in [0.5, 0.6) is 0 Å². The number of hydrogen-bond donors (Lipinski definition) is 1. The Morgan fingerprint density at radius 3 is 2.94 bits per heavy atom. The average molecular weight is 294 g/mol. The molecule has 1 N–H and O–H groups in total. The molecule has 1 heterocycles. The molecule has 0 radical (unpaired) electrons. The lowest BCUT2D eigenvalue weighted by atomic mass is 10.1. The minimum atomic E-state index is 0.701. The highest BCUT2D eigenvalue weighted by atomic mass is 79.9. The van der Waals surface area contributed by atoms with Crippen molar-refractivity contribution in [2.45, 2.75) is 38.3 Å². The van der Waals surface area contributed by atoms with Crippen molar-refractivity contribution in [3.63, 3.8) is 0 Å². The van der Waals surface area contributed by atoms with Crippen LogP contribution in [0, 0.1) is 0 Å². The first-order chi connectivity index (χ1) is 8.34. The number of rotatable bonds is 3. The van der Waals surface area contributed by atoms with Crippen LogP contribution in [0.25, 0.3) is 11.0 Å². The molecule has 17 heavy (non-hydrogen) atoms. The Hall–Kier alpha value is -0.800. The predicted molar refractivity (Wildman–Crippen MR) is 73.0 cm³/mol. The third kappa shape index (κ3) is 2.26. The van der Waals surface area contributed by atoms with Gasteiger partial charge in [-0.15, -0.1) is 0 Å². The van der Waals surface area contributed by atoms with Crippen molar-refractivity contribution in [3.05, 3.63) is 34.5 Å². The summed E-state index contributed by atoms with van der Waals surface area (Å²) in [4.78, 5) is 0. The van der Waals surface area contributed by atoms with Gasteiger partial charge in [-0.2, -0.15) is 0 Å². The number of fused-ring (bicyclic) bond motifs is 1. The van der Waals surface area contributed by atoms with E-state index in [1.807, 2.05) is 12.3 Å². The zero-order valence-corrected chi connectivity index (χ0v) is 11.3. The van der Waals surface area contributed by atoms with Gasteiger partial charge in [0, 0.05) is 23.5 Å². The summed E-state index contributed by atoms with van der Waals surface area (Å²) in [5.41, 5.74) is 2.21. The Morgan fingerprint density at radius 2 is 2.12 bits per heavy atom. The van der Waals surface area contributed by atoms with Crippen LogP contribution in [0.4, 0.5) is 0 Å². The van der Waals surface area contributed by atoms with E-state index in [-0.39, 0.29) is 0 Å². The molecule has 0 unspecified atom stereocenters. The zero-order valence-electron chi connectivity index (χ0n) is 9.71. The average Bonchev–Trinajstić information content (AvgIpc) is 2.95. The van der Waals surface area contributed by atoms with Gasteiger partial charge in [-0.1, -0.05) is 25.0 Å². The second kappa shape index (κ2) is 4.83. The van der Waals surface area contributed by atoms with E-state index in [0.717, 1.165) is 16.6 Å². The van der Waals surface area contributed by atoms with E-state index >= 15 is 0 Å². The molecule has 1 fully saturated rings. The van der Waals surface area contributed by atoms with Crippen LogP contribution in [0.3, 0.4) is 0 Å². The number of benzene rings is 1. The van der Waals surface area contributed by atoms with Crippen molar-refractivity contribution in [1.82, 2.24) is 5.32 Å². The molecular weight excluding hydrogens is 278 g/mol. The van der Waals surface area contributed by atoms with Crippen LogP contribution in [0.15, 0.2) is 33.4 Å². The van der Waals surface area contributed by atoms with Crippen LogP contribution < -0.4 is 5.32 Å². The van der Waals surface area contributed by atoms with Crippen molar-refractivity contribution < 1.29 is 4.42 Å². The number of nitrogens with one attached hydrogen (secondary N) is 1. The van der Waals surface area contributed by atoms with Crippen LogP contribution in [-0.2, 0) is 6.54 Å². The minimum absolute atomic E-state index is 0.701. The van der Waals surface area contributed by atoms with Gasteiger partial charge in [-0.25, -0.2) is 0 Å². The minimum Gasteiger partial charge on any atom is -0.463 e. The van der Waals surface area contributed by atoms with Gasteiger partial charge in [0.15, 0.2) is 0 Å². The third-order valence-corrected chi connectivity index (χ3v) is 4.19. The van der Waals surface area contributed by atoms with Crippen molar-refractivity contribution in [2.75, 3.05) is 0 Å². The maximum Gasteiger partial charge on any atom is 0.148 e. The second-order valence-electron chi connectivity index (χ2n) is 4.74. The highest BCUT2D eigenvalue weighted by Gasteiger charge is 2.15. The van der Waals surface area contributed by atoms with E-state index in [1.54, 1.807) is 0 Å². The molecule has 1 saturated carbocycles. The Kier molecular flexibility index (Phi) is 3.21. The predicted octanol–water partition coefficient (Wildman–Crippen LogP) is 4.23. The molecule has 0 aliphatic heterocycles. The van der Waals surface area contributed by atoms with Crippen molar-refractivity contribution in [3.8, 4) is 0 Å². The summed E-state index contributed by atoms with van der Waals surface area (Å²) < 4.78 is 6.64. The molecule has 1 aromatic heterocycles. The fourth-order valence-corrected chi connectivity index (χ4v) is 3.06. The molecule has 0 amide bonds. The van der Waals surface area contributed by atoms with E-state index in [9.17, 15) is 0 Å². The molecular formula is C14H16BrNO. The Morgan fingerprint density at radius 1 is 1.29 bits per heavy atom. The van der Waals surface area contributed by atoms with Crippen molar-refractivity contribution in [2.24, 2.45) is 0 Å². The van der Waals surface area contributed by atoms with E-state index < -0.39 is 0 Å². The van der Waals surface area contributed by atoms with Crippen molar-refractivity contribution in [1.29, 1.82) is 0 Å². The smallest absolute Gasteiger partial charge is 0.148 e. The molecule has 2 aromatic rings. The summed E-state index contributed by atoms with van der Waals surface area (Å²) in [5, 5.41) is 4.83. The number of furan rings is 1. The van der Waals surface area contributed by atoms with Crippen molar-refractivity contribution >= 4 is 26.9 Å². The molecule has 3 heteroatoms. The lowest BCUT2D eigenvalue weighted by Gasteiger charge is -2.10. The van der Waals surface area contributed by atoms with Gasteiger partial charge < -0.3 is 9.73 Å². The molecule has 0 bridgehead atoms.